The first kappa shape index (κ1) is 10.1. The van der Waals surface area contributed by atoms with Gasteiger partial charge in [0.05, 0.1) is 0 Å². The number of aryl methyl sites for hydroxylation is 1. The van der Waals surface area contributed by atoms with Gasteiger partial charge in [0, 0.05) is 22.8 Å². The fourth-order valence-corrected chi connectivity index (χ4v) is 3.15. The molecule has 1 aliphatic rings. The van der Waals surface area contributed by atoms with E-state index in [1.165, 1.54) is 17.8 Å². The Balaban J connectivity index is 2.07. The summed E-state index contributed by atoms with van der Waals surface area (Å²) in [5, 5.41) is 0. The van der Waals surface area contributed by atoms with Crippen molar-refractivity contribution in [3.63, 3.8) is 0 Å². The monoisotopic (exact) mass is 210 g/mol. The highest BCUT2D eigenvalue weighted by Gasteiger charge is 2.15. The topological polar surface area (TPSA) is 29.3 Å². The Labute approximate surface area is 89.7 Å². The normalized spacial score (nSPS) is 17.0. The molecule has 2 nitrogen and oxygen atoms in total. The molecule has 0 saturated carbocycles. The van der Waals surface area contributed by atoms with Crippen molar-refractivity contribution in [1.29, 1.82) is 0 Å². The Morgan fingerprint density at radius 1 is 1.57 bits per heavy atom. The van der Waals surface area contributed by atoms with Crippen molar-refractivity contribution in [3.05, 3.63) is 21.4 Å². The Hall–Kier alpha value is -0.380. The van der Waals surface area contributed by atoms with Crippen LogP contribution in [-0.2, 0) is 19.4 Å². The number of hydrogen-bond acceptors (Lipinski definition) is 3. The predicted molar refractivity (Wildman–Crippen MR) is 61.7 cm³/mol. The first-order valence-corrected chi connectivity index (χ1v) is 6.10. The maximum atomic E-state index is 5.52. The van der Waals surface area contributed by atoms with Gasteiger partial charge in [-0.15, -0.1) is 11.3 Å². The average molecular weight is 210 g/mol. The number of nitrogens with two attached hydrogens (primary N) is 1. The highest BCUT2D eigenvalue weighted by molar-refractivity contribution is 7.12. The minimum Gasteiger partial charge on any atom is -0.330 e. The van der Waals surface area contributed by atoms with Crippen LogP contribution in [0, 0.1) is 0 Å². The van der Waals surface area contributed by atoms with Crippen molar-refractivity contribution >= 4 is 11.3 Å². The molecule has 3 heteroatoms. The quantitative estimate of drug-likeness (QED) is 0.821. The summed E-state index contributed by atoms with van der Waals surface area (Å²) < 4.78 is 0. The smallest absolute Gasteiger partial charge is 0.0241 e. The van der Waals surface area contributed by atoms with Gasteiger partial charge in [0.25, 0.3) is 0 Å². The third kappa shape index (κ3) is 2.16. The molecule has 78 valence electrons. The van der Waals surface area contributed by atoms with Gasteiger partial charge in [0.2, 0.25) is 0 Å². The summed E-state index contributed by atoms with van der Waals surface area (Å²) in [6.07, 6.45) is 3.52. The molecule has 0 saturated heterocycles. The highest BCUT2D eigenvalue weighted by atomic mass is 32.1. The van der Waals surface area contributed by atoms with Gasteiger partial charge in [-0.3, -0.25) is 0 Å². The first-order valence-electron chi connectivity index (χ1n) is 5.28. The second kappa shape index (κ2) is 4.43. The molecule has 0 spiro atoms. The molecule has 2 N–H and O–H groups in total. The second-order valence-corrected chi connectivity index (χ2v) is 5.26. The molecule has 1 aromatic rings. The van der Waals surface area contributed by atoms with E-state index < -0.39 is 0 Å². The Morgan fingerprint density at radius 3 is 3.21 bits per heavy atom. The van der Waals surface area contributed by atoms with Gasteiger partial charge < -0.3 is 10.6 Å². The van der Waals surface area contributed by atoms with Crippen molar-refractivity contribution in [3.8, 4) is 0 Å². The van der Waals surface area contributed by atoms with Gasteiger partial charge >= 0.3 is 0 Å². The Morgan fingerprint density at radius 2 is 2.43 bits per heavy atom. The summed E-state index contributed by atoms with van der Waals surface area (Å²) in [5.74, 6) is 0. The number of likely N-dealkylation sites (N-methyl/N-ethyl adjacent to an activating group) is 1. The molecule has 0 fully saturated rings. The Bertz CT molecular complexity index is 306. The van der Waals surface area contributed by atoms with Gasteiger partial charge in [-0.1, -0.05) is 0 Å². The van der Waals surface area contributed by atoms with Gasteiger partial charge in [0.15, 0.2) is 0 Å². The molecule has 0 unspecified atom stereocenters. The van der Waals surface area contributed by atoms with E-state index in [2.05, 4.69) is 18.0 Å². The number of hydrogen-bond donors (Lipinski definition) is 1. The van der Waals surface area contributed by atoms with E-state index in [0.717, 1.165) is 25.9 Å². The van der Waals surface area contributed by atoms with Gasteiger partial charge in [0.1, 0.15) is 0 Å². The van der Waals surface area contributed by atoms with Crippen LogP contribution >= 0.6 is 11.3 Å². The number of thiophene rings is 1. The first-order chi connectivity index (χ1) is 6.79. The van der Waals surface area contributed by atoms with Crippen molar-refractivity contribution in [2.24, 2.45) is 5.73 Å². The summed E-state index contributed by atoms with van der Waals surface area (Å²) in [7, 11) is 2.19. The van der Waals surface area contributed by atoms with Crippen LogP contribution in [0.3, 0.4) is 0 Å². The molecular formula is C11H18N2S. The van der Waals surface area contributed by atoms with Crippen molar-refractivity contribution in [2.45, 2.75) is 25.8 Å². The fraction of sp³-hybridized carbons (Fsp3) is 0.636. The standard InChI is InChI=1S/C11H18N2S/c1-13-6-4-11-9(8-13)7-10(14-11)3-2-5-12/h7H,2-6,8,12H2,1H3. The molecule has 0 aliphatic carbocycles. The molecule has 2 rings (SSSR count). The number of nitrogens with zero attached hydrogens (tertiary/aromatic N) is 1. The number of fused-ring (bicyclic) bond motifs is 1. The lowest BCUT2D eigenvalue weighted by atomic mass is 10.1. The zero-order valence-electron chi connectivity index (χ0n) is 8.75. The van der Waals surface area contributed by atoms with Crippen LogP contribution in [0.4, 0.5) is 0 Å². The fourth-order valence-electron chi connectivity index (χ4n) is 1.94. The van der Waals surface area contributed by atoms with Crippen molar-refractivity contribution in [1.82, 2.24) is 4.90 Å². The molecule has 14 heavy (non-hydrogen) atoms. The zero-order chi connectivity index (χ0) is 9.97. The molecule has 2 heterocycles. The SMILES string of the molecule is CN1CCc2sc(CCCN)cc2C1. The lowest BCUT2D eigenvalue weighted by molar-refractivity contribution is 0.315. The minimum absolute atomic E-state index is 0.808. The van der Waals surface area contributed by atoms with Crippen LogP contribution in [-0.4, -0.2) is 25.0 Å². The van der Waals surface area contributed by atoms with Gasteiger partial charge in [-0.25, -0.2) is 0 Å². The third-order valence-electron chi connectivity index (χ3n) is 2.74. The molecule has 1 aromatic heterocycles. The number of rotatable bonds is 3. The van der Waals surface area contributed by atoms with E-state index in [4.69, 9.17) is 5.73 Å². The van der Waals surface area contributed by atoms with Crippen LogP contribution in [0.2, 0.25) is 0 Å². The maximum absolute atomic E-state index is 5.52. The van der Waals surface area contributed by atoms with E-state index in [0.29, 0.717) is 0 Å². The molecule has 0 atom stereocenters. The van der Waals surface area contributed by atoms with Crippen LogP contribution in [0.25, 0.3) is 0 Å². The Kier molecular flexibility index (Phi) is 3.21. The van der Waals surface area contributed by atoms with Gasteiger partial charge in [-0.05, 0) is 44.5 Å². The largest absolute Gasteiger partial charge is 0.330 e. The van der Waals surface area contributed by atoms with Crippen LogP contribution < -0.4 is 5.73 Å². The molecule has 0 amide bonds. The summed E-state index contributed by atoms with van der Waals surface area (Å²) in [6, 6.07) is 2.38. The maximum Gasteiger partial charge on any atom is 0.0241 e. The summed E-state index contributed by atoms with van der Waals surface area (Å²) >= 11 is 2.00. The van der Waals surface area contributed by atoms with E-state index in [9.17, 15) is 0 Å². The van der Waals surface area contributed by atoms with Crippen molar-refractivity contribution in [2.75, 3.05) is 20.1 Å². The zero-order valence-corrected chi connectivity index (χ0v) is 9.57. The van der Waals surface area contributed by atoms with Crippen LogP contribution in [0.15, 0.2) is 6.07 Å². The lowest BCUT2D eigenvalue weighted by Gasteiger charge is -2.21. The lowest BCUT2D eigenvalue weighted by Crippen LogP contribution is -2.25. The minimum atomic E-state index is 0.808. The van der Waals surface area contributed by atoms with E-state index in [1.54, 1.807) is 10.4 Å². The molecular weight excluding hydrogens is 192 g/mol. The average Bonchev–Trinajstić information content (AvgIpc) is 2.56. The molecule has 1 aliphatic heterocycles. The summed E-state index contributed by atoms with van der Waals surface area (Å²) in [4.78, 5) is 5.52. The second-order valence-electron chi connectivity index (χ2n) is 4.04. The van der Waals surface area contributed by atoms with E-state index >= 15 is 0 Å². The summed E-state index contributed by atoms with van der Waals surface area (Å²) in [6.45, 7) is 3.15. The van der Waals surface area contributed by atoms with Gasteiger partial charge in [-0.2, -0.15) is 0 Å². The highest BCUT2D eigenvalue weighted by Crippen LogP contribution is 2.28. The summed E-state index contributed by atoms with van der Waals surface area (Å²) in [5.41, 5.74) is 7.07. The van der Waals surface area contributed by atoms with E-state index in [1.807, 2.05) is 11.3 Å². The third-order valence-corrected chi connectivity index (χ3v) is 4.03. The van der Waals surface area contributed by atoms with Crippen LogP contribution in [0.5, 0.6) is 0 Å². The molecule has 0 aromatic carbocycles. The van der Waals surface area contributed by atoms with Crippen molar-refractivity contribution < 1.29 is 0 Å². The molecule has 0 bridgehead atoms. The van der Waals surface area contributed by atoms with Crippen LogP contribution in [0.1, 0.15) is 21.7 Å². The predicted octanol–water partition coefficient (Wildman–Crippen LogP) is 1.63. The van der Waals surface area contributed by atoms with E-state index in [-0.39, 0.29) is 0 Å². The molecule has 0 radical (unpaired) electrons.